The molecule has 0 saturated carbocycles. The second-order valence-corrected chi connectivity index (χ2v) is 8.67. The number of methoxy groups -OCH3 is 1. The Morgan fingerprint density at radius 3 is 2.73 bits per heavy atom. The molecule has 4 rings (SSSR count). The van der Waals surface area contributed by atoms with Crippen LogP contribution in [0.4, 0.5) is 4.79 Å². The van der Waals surface area contributed by atoms with Gasteiger partial charge >= 0.3 is 13.2 Å². The van der Waals surface area contributed by atoms with Gasteiger partial charge in [-0.05, 0) is 48.9 Å². The molecule has 1 aromatic carbocycles. The van der Waals surface area contributed by atoms with E-state index in [9.17, 15) is 24.5 Å². The van der Waals surface area contributed by atoms with Crippen LogP contribution in [0.2, 0.25) is 0 Å². The zero-order valence-electron chi connectivity index (χ0n) is 16.5. The zero-order valence-corrected chi connectivity index (χ0v) is 18.1. The van der Waals surface area contributed by atoms with E-state index in [1.165, 1.54) is 6.07 Å². The average Bonchev–Trinajstić information content (AvgIpc) is 2.98. The zero-order chi connectivity index (χ0) is 21.7. The van der Waals surface area contributed by atoms with Crippen LogP contribution < -0.4 is 0 Å². The Morgan fingerprint density at radius 2 is 2.07 bits per heavy atom. The molecule has 0 unspecified atom stereocenters. The molecule has 4 atom stereocenters. The highest BCUT2D eigenvalue weighted by atomic mass is 79.9. The smallest absolute Gasteiger partial charge is 0.487 e. The maximum atomic E-state index is 13.1. The molecule has 0 bridgehead atoms. The topological polar surface area (TPSA) is 113 Å². The third kappa shape index (κ3) is 3.18. The number of likely N-dealkylation sites (tertiary alicyclic amines) is 1. The molecule has 2 aliphatic heterocycles. The number of allylic oxidation sites excluding steroid dienone is 2. The molecule has 1 aliphatic carbocycles. The van der Waals surface area contributed by atoms with Gasteiger partial charge in [0.1, 0.15) is 5.75 Å². The lowest BCUT2D eigenvalue weighted by Gasteiger charge is -2.42. The molecule has 8 nitrogen and oxygen atoms in total. The fourth-order valence-electron chi connectivity index (χ4n) is 5.00. The Hall–Kier alpha value is -2.17. The minimum atomic E-state index is -1.27. The van der Waals surface area contributed by atoms with Crippen LogP contribution in [-0.2, 0) is 19.0 Å². The Balaban J connectivity index is 1.76. The highest BCUT2D eigenvalue weighted by Crippen LogP contribution is 2.52. The van der Waals surface area contributed by atoms with Crippen molar-refractivity contribution in [1.29, 1.82) is 0 Å². The lowest BCUT2D eigenvalue weighted by molar-refractivity contribution is -0.137. The standard InChI is InChI=1S/C20H21BBrNO7/c1-3-9-6-13-16(19(26)23(18(13)25)20(27)29-2)12-8-15(30-21(28)17(9)12)11-7-10(22)4-5-14(11)24/h4-5,7,12-13,15-16,24,28H,3,6,8H2,1-2H3/t12-,13-,15-,16+/m0/s1. The van der Waals surface area contributed by atoms with E-state index in [4.69, 9.17) is 4.65 Å². The van der Waals surface area contributed by atoms with Gasteiger partial charge in [-0.1, -0.05) is 28.4 Å². The van der Waals surface area contributed by atoms with E-state index in [2.05, 4.69) is 20.7 Å². The van der Waals surface area contributed by atoms with Crippen LogP contribution in [0.3, 0.4) is 0 Å². The fraction of sp³-hybridized carbons (Fsp3) is 0.450. The van der Waals surface area contributed by atoms with Crippen LogP contribution in [0, 0.1) is 17.8 Å². The van der Waals surface area contributed by atoms with Gasteiger partial charge in [-0.2, -0.15) is 4.90 Å². The van der Waals surface area contributed by atoms with Crippen LogP contribution >= 0.6 is 15.9 Å². The van der Waals surface area contributed by atoms with E-state index in [1.54, 1.807) is 12.1 Å². The molecule has 0 spiro atoms. The predicted molar refractivity (Wildman–Crippen MR) is 109 cm³/mol. The number of rotatable bonds is 2. The molecule has 2 heterocycles. The number of fused-ring (bicyclic) bond motifs is 3. The highest BCUT2D eigenvalue weighted by Gasteiger charge is 2.59. The number of hydrogen-bond acceptors (Lipinski definition) is 7. The van der Waals surface area contributed by atoms with E-state index < -0.39 is 48.9 Å². The van der Waals surface area contributed by atoms with Crippen molar-refractivity contribution in [3.05, 3.63) is 39.3 Å². The first-order chi connectivity index (χ1) is 14.3. The quantitative estimate of drug-likeness (QED) is 0.497. The number of benzene rings is 1. The number of aromatic hydroxyl groups is 1. The SMILES string of the molecule is CCC1=C2B(O)O[C@H](c3cc(Br)ccc3O)C[C@H]2[C@H]2C(=O)N(C(=O)OC)C(=O)[C@H]2C1. The molecule has 0 aromatic heterocycles. The van der Waals surface area contributed by atoms with Crippen LogP contribution in [0.1, 0.15) is 37.9 Å². The van der Waals surface area contributed by atoms with Gasteiger partial charge < -0.3 is 19.5 Å². The van der Waals surface area contributed by atoms with E-state index in [0.29, 0.717) is 22.4 Å². The summed E-state index contributed by atoms with van der Waals surface area (Å²) in [5, 5.41) is 21.1. The van der Waals surface area contributed by atoms with Crippen molar-refractivity contribution in [3.63, 3.8) is 0 Å². The molecule has 2 saturated heterocycles. The Labute approximate surface area is 182 Å². The molecular formula is C20H21BBrNO7. The average molecular weight is 478 g/mol. The molecule has 3 aliphatic rings. The number of carbonyl (C=O) groups is 3. The maximum absolute atomic E-state index is 13.1. The molecule has 1 aromatic rings. The van der Waals surface area contributed by atoms with Gasteiger partial charge in [0.05, 0.1) is 25.0 Å². The number of halogens is 1. The predicted octanol–water partition coefficient (Wildman–Crippen LogP) is 2.73. The summed E-state index contributed by atoms with van der Waals surface area (Å²) in [7, 11) is -0.144. The second-order valence-electron chi connectivity index (χ2n) is 7.75. The first kappa shape index (κ1) is 21.1. The van der Waals surface area contributed by atoms with Crippen LogP contribution in [0.15, 0.2) is 33.7 Å². The summed E-state index contributed by atoms with van der Waals surface area (Å²) in [6, 6.07) is 4.90. The summed E-state index contributed by atoms with van der Waals surface area (Å²) in [5.74, 6) is -3.11. The number of phenolic OH excluding ortho intramolecular Hbond substituents is 1. The van der Waals surface area contributed by atoms with Crippen molar-refractivity contribution < 1.29 is 33.9 Å². The third-order valence-electron chi connectivity index (χ3n) is 6.33. The summed E-state index contributed by atoms with van der Waals surface area (Å²) < 4.78 is 11.2. The van der Waals surface area contributed by atoms with Gasteiger partial charge in [-0.25, -0.2) is 4.79 Å². The Morgan fingerprint density at radius 1 is 1.33 bits per heavy atom. The monoisotopic (exact) mass is 477 g/mol. The summed E-state index contributed by atoms with van der Waals surface area (Å²) >= 11 is 3.37. The van der Waals surface area contributed by atoms with Crippen molar-refractivity contribution in [2.24, 2.45) is 17.8 Å². The highest BCUT2D eigenvalue weighted by molar-refractivity contribution is 9.10. The van der Waals surface area contributed by atoms with Gasteiger partial charge in [0, 0.05) is 10.0 Å². The number of ether oxygens (including phenoxy) is 1. The number of imide groups is 3. The minimum absolute atomic E-state index is 0.0101. The van der Waals surface area contributed by atoms with E-state index >= 15 is 0 Å². The summed E-state index contributed by atoms with van der Waals surface area (Å²) in [6.07, 6.45) is -0.513. The molecule has 2 N–H and O–H groups in total. The van der Waals surface area contributed by atoms with E-state index in [1.807, 2.05) is 6.92 Å². The molecule has 10 heteroatoms. The van der Waals surface area contributed by atoms with Gasteiger partial charge in [-0.3, -0.25) is 9.59 Å². The fourth-order valence-corrected chi connectivity index (χ4v) is 5.38. The van der Waals surface area contributed by atoms with Gasteiger partial charge in [0.2, 0.25) is 11.8 Å². The second kappa shape index (κ2) is 7.83. The first-order valence-electron chi connectivity index (χ1n) is 9.77. The van der Waals surface area contributed by atoms with Crippen LogP contribution in [-0.4, -0.2) is 47.2 Å². The Bertz CT molecular complexity index is 964. The molecule has 0 radical (unpaired) electrons. The molecule has 3 amide bonds. The molecule has 30 heavy (non-hydrogen) atoms. The van der Waals surface area contributed by atoms with Crippen LogP contribution in [0.5, 0.6) is 5.75 Å². The molecule has 2 fully saturated rings. The summed E-state index contributed by atoms with van der Waals surface area (Å²) in [4.78, 5) is 38.6. The minimum Gasteiger partial charge on any atom is -0.508 e. The number of amides is 3. The van der Waals surface area contributed by atoms with Crippen molar-refractivity contribution in [2.45, 2.75) is 32.3 Å². The Kier molecular flexibility index (Phi) is 5.50. The summed E-state index contributed by atoms with van der Waals surface area (Å²) in [5.41, 5.74) is 1.94. The van der Waals surface area contributed by atoms with Crippen molar-refractivity contribution in [3.8, 4) is 5.75 Å². The van der Waals surface area contributed by atoms with Gasteiger partial charge in [0.25, 0.3) is 0 Å². The number of hydrogen-bond donors (Lipinski definition) is 2. The number of nitrogens with zero attached hydrogens (tertiary/aromatic N) is 1. The number of carbonyl (C=O) groups excluding carboxylic acids is 3. The van der Waals surface area contributed by atoms with E-state index in [0.717, 1.165) is 17.2 Å². The van der Waals surface area contributed by atoms with Crippen molar-refractivity contribution in [1.82, 2.24) is 4.90 Å². The van der Waals surface area contributed by atoms with Gasteiger partial charge in [0.15, 0.2) is 0 Å². The largest absolute Gasteiger partial charge is 0.508 e. The molecule has 158 valence electrons. The molecular weight excluding hydrogens is 457 g/mol. The normalized spacial score (nSPS) is 28.5. The van der Waals surface area contributed by atoms with Crippen molar-refractivity contribution >= 4 is 41.0 Å². The lowest BCUT2D eigenvalue weighted by atomic mass is 9.55. The summed E-state index contributed by atoms with van der Waals surface area (Å²) in [6.45, 7) is 1.91. The maximum Gasteiger partial charge on any atom is 0.487 e. The van der Waals surface area contributed by atoms with Crippen LogP contribution in [0.25, 0.3) is 0 Å². The third-order valence-corrected chi connectivity index (χ3v) is 6.83. The van der Waals surface area contributed by atoms with Crippen molar-refractivity contribution in [2.75, 3.05) is 7.11 Å². The van der Waals surface area contributed by atoms with Gasteiger partial charge in [-0.15, -0.1) is 0 Å². The lowest BCUT2D eigenvalue weighted by Crippen LogP contribution is -2.45. The number of phenols is 1. The first-order valence-corrected chi connectivity index (χ1v) is 10.6. The van der Waals surface area contributed by atoms with E-state index in [-0.39, 0.29) is 18.6 Å².